The second-order valence-corrected chi connectivity index (χ2v) is 8.50. The highest BCUT2D eigenvalue weighted by atomic mass is 19.1. The van der Waals surface area contributed by atoms with Crippen LogP contribution in [0.15, 0.2) is 53.3 Å². The number of aromatic amines is 1. The van der Waals surface area contributed by atoms with Crippen LogP contribution in [0.2, 0.25) is 0 Å². The van der Waals surface area contributed by atoms with E-state index in [0.717, 1.165) is 10.9 Å². The summed E-state index contributed by atoms with van der Waals surface area (Å²) in [5, 5.41) is 23.3. The van der Waals surface area contributed by atoms with Crippen molar-refractivity contribution in [3.8, 4) is 5.75 Å². The smallest absolute Gasteiger partial charge is 0.253 e. The van der Waals surface area contributed by atoms with E-state index in [2.05, 4.69) is 25.4 Å². The average molecular weight is 465 g/mol. The molecule has 0 saturated carbocycles. The Labute approximate surface area is 194 Å². The molecule has 2 aromatic heterocycles. The molecular weight excluding hydrogens is 439 g/mol. The van der Waals surface area contributed by atoms with Gasteiger partial charge in [0.05, 0.1) is 25.3 Å². The number of aromatic nitrogens is 5. The SMILES string of the molecule is COc1ccc2cc([C@H](c3nnnn3Cc3ccc(F)cc3)N3CCC(O)CC3)c(=O)[nH]c2c1. The molecular formula is C24H25FN6O3. The van der Waals surface area contributed by atoms with Gasteiger partial charge in [0.2, 0.25) is 0 Å². The van der Waals surface area contributed by atoms with Crippen LogP contribution in [-0.4, -0.2) is 61.5 Å². The van der Waals surface area contributed by atoms with Crippen LogP contribution in [0.25, 0.3) is 10.9 Å². The van der Waals surface area contributed by atoms with E-state index >= 15 is 0 Å². The zero-order chi connectivity index (χ0) is 23.7. The monoisotopic (exact) mass is 464 g/mol. The van der Waals surface area contributed by atoms with E-state index in [1.54, 1.807) is 30.0 Å². The molecule has 0 amide bonds. The van der Waals surface area contributed by atoms with Crippen molar-refractivity contribution in [2.75, 3.05) is 20.2 Å². The summed E-state index contributed by atoms with van der Waals surface area (Å²) in [6.45, 7) is 1.52. The highest BCUT2D eigenvalue weighted by Crippen LogP contribution is 2.30. The molecule has 5 rings (SSSR count). The maximum atomic E-state index is 13.4. The number of nitrogens with zero attached hydrogens (tertiary/aromatic N) is 5. The Balaban J connectivity index is 1.59. The third kappa shape index (κ3) is 4.42. The van der Waals surface area contributed by atoms with E-state index < -0.39 is 6.04 Å². The predicted octanol–water partition coefficient (Wildman–Crippen LogP) is 2.26. The van der Waals surface area contributed by atoms with Gasteiger partial charge in [0.15, 0.2) is 5.82 Å². The largest absolute Gasteiger partial charge is 0.497 e. The summed E-state index contributed by atoms with van der Waals surface area (Å²) in [4.78, 5) is 18.4. The van der Waals surface area contributed by atoms with Gasteiger partial charge in [-0.25, -0.2) is 9.07 Å². The number of nitrogens with one attached hydrogen (secondary N) is 1. The maximum absolute atomic E-state index is 13.4. The van der Waals surface area contributed by atoms with Crippen molar-refractivity contribution < 1.29 is 14.2 Å². The molecule has 2 N–H and O–H groups in total. The number of benzene rings is 2. The lowest BCUT2D eigenvalue weighted by Crippen LogP contribution is -2.41. The first-order valence-corrected chi connectivity index (χ1v) is 11.2. The van der Waals surface area contributed by atoms with E-state index in [4.69, 9.17) is 4.74 Å². The van der Waals surface area contributed by atoms with Crippen LogP contribution in [0.4, 0.5) is 4.39 Å². The molecule has 0 bridgehead atoms. The van der Waals surface area contributed by atoms with Crippen LogP contribution in [0.3, 0.4) is 0 Å². The van der Waals surface area contributed by atoms with Crippen molar-refractivity contribution in [2.45, 2.75) is 31.5 Å². The van der Waals surface area contributed by atoms with Crippen LogP contribution >= 0.6 is 0 Å². The lowest BCUT2D eigenvalue weighted by atomic mass is 9.99. The molecule has 1 aliphatic heterocycles. The first-order chi connectivity index (χ1) is 16.5. The number of likely N-dealkylation sites (tertiary alicyclic amines) is 1. The van der Waals surface area contributed by atoms with Gasteiger partial charge < -0.3 is 14.8 Å². The molecule has 0 unspecified atom stereocenters. The Morgan fingerprint density at radius 1 is 1.18 bits per heavy atom. The van der Waals surface area contributed by atoms with Gasteiger partial charge >= 0.3 is 0 Å². The first-order valence-electron chi connectivity index (χ1n) is 11.2. The molecule has 1 aliphatic rings. The summed E-state index contributed by atoms with van der Waals surface area (Å²) >= 11 is 0. The molecule has 0 aliphatic carbocycles. The van der Waals surface area contributed by atoms with E-state index in [0.29, 0.717) is 55.1 Å². The van der Waals surface area contributed by atoms with Gasteiger partial charge in [-0.1, -0.05) is 12.1 Å². The van der Waals surface area contributed by atoms with Gasteiger partial charge in [0.1, 0.15) is 17.6 Å². The topological polar surface area (TPSA) is 109 Å². The van der Waals surface area contributed by atoms with Crippen LogP contribution in [0, 0.1) is 5.82 Å². The molecule has 0 spiro atoms. The molecule has 0 radical (unpaired) electrons. The minimum absolute atomic E-state index is 0.242. The van der Waals surface area contributed by atoms with E-state index in [1.807, 2.05) is 18.2 Å². The number of tetrazole rings is 1. The van der Waals surface area contributed by atoms with Gasteiger partial charge in [-0.2, -0.15) is 0 Å². The molecule has 9 nitrogen and oxygen atoms in total. The van der Waals surface area contributed by atoms with Crippen molar-refractivity contribution in [3.63, 3.8) is 0 Å². The fourth-order valence-electron chi connectivity index (χ4n) is 4.45. The molecule has 1 atom stereocenters. The second kappa shape index (κ2) is 9.32. The number of rotatable bonds is 6. The Hall–Kier alpha value is -3.63. The number of hydrogen-bond acceptors (Lipinski definition) is 7. The lowest BCUT2D eigenvalue weighted by Gasteiger charge is -2.35. The van der Waals surface area contributed by atoms with E-state index in [9.17, 15) is 14.3 Å². The average Bonchev–Trinajstić information content (AvgIpc) is 3.29. The van der Waals surface area contributed by atoms with Crippen molar-refractivity contribution in [1.29, 1.82) is 0 Å². The third-order valence-corrected chi connectivity index (χ3v) is 6.29. The minimum atomic E-state index is -0.516. The lowest BCUT2D eigenvalue weighted by molar-refractivity contribution is 0.0659. The van der Waals surface area contributed by atoms with Crippen molar-refractivity contribution in [2.24, 2.45) is 0 Å². The Bertz CT molecular complexity index is 1350. The third-order valence-electron chi connectivity index (χ3n) is 6.29. The minimum Gasteiger partial charge on any atom is -0.497 e. The number of piperidine rings is 1. The van der Waals surface area contributed by atoms with Gasteiger partial charge in [-0.15, -0.1) is 5.10 Å². The molecule has 3 heterocycles. The summed E-state index contributed by atoms with van der Waals surface area (Å²) < 4.78 is 20.3. The normalized spacial score (nSPS) is 16.1. The highest BCUT2D eigenvalue weighted by Gasteiger charge is 2.32. The van der Waals surface area contributed by atoms with E-state index in [1.165, 1.54) is 12.1 Å². The Kier molecular flexibility index (Phi) is 6.08. The number of ether oxygens (including phenoxy) is 1. The highest BCUT2D eigenvalue weighted by molar-refractivity contribution is 5.80. The summed E-state index contributed by atoms with van der Waals surface area (Å²) in [7, 11) is 1.58. The Morgan fingerprint density at radius 3 is 2.68 bits per heavy atom. The standard InChI is InChI=1S/C24H25FN6O3/c1-34-19-7-4-16-12-20(24(33)26-21(16)13-19)22(30-10-8-18(32)9-11-30)23-27-28-29-31(23)14-15-2-5-17(25)6-3-15/h2-7,12-13,18,22,32H,8-11,14H2,1H3,(H,26,33)/t22-/m1/s1. The first kappa shape index (κ1) is 22.2. The zero-order valence-electron chi connectivity index (χ0n) is 18.7. The number of pyridine rings is 1. The number of halogens is 1. The fraction of sp³-hybridized carbons (Fsp3) is 0.333. The van der Waals surface area contributed by atoms with Crippen LogP contribution < -0.4 is 10.3 Å². The Morgan fingerprint density at radius 2 is 1.94 bits per heavy atom. The number of H-pyrrole nitrogens is 1. The number of fused-ring (bicyclic) bond motifs is 1. The summed E-state index contributed by atoms with van der Waals surface area (Å²) in [6, 6.07) is 13.0. The van der Waals surface area contributed by atoms with Crippen LogP contribution in [0.5, 0.6) is 5.75 Å². The summed E-state index contributed by atoms with van der Waals surface area (Å²) in [5.41, 5.74) is 1.78. The molecule has 1 saturated heterocycles. The predicted molar refractivity (Wildman–Crippen MR) is 123 cm³/mol. The number of methoxy groups -OCH3 is 1. The molecule has 4 aromatic rings. The zero-order valence-corrected chi connectivity index (χ0v) is 18.7. The van der Waals surface area contributed by atoms with Crippen LogP contribution in [0.1, 0.15) is 35.8 Å². The van der Waals surface area contributed by atoms with Crippen molar-refractivity contribution >= 4 is 10.9 Å². The molecule has 176 valence electrons. The number of aliphatic hydroxyl groups is 1. The van der Waals surface area contributed by atoms with Gasteiger partial charge in [0, 0.05) is 24.7 Å². The van der Waals surface area contributed by atoms with Crippen molar-refractivity contribution in [1.82, 2.24) is 30.1 Å². The molecule has 2 aromatic carbocycles. The quantitative estimate of drug-likeness (QED) is 0.451. The number of hydrogen-bond donors (Lipinski definition) is 2. The summed E-state index contributed by atoms with van der Waals surface area (Å²) in [6.07, 6.45) is 0.826. The molecule has 1 fully saturated rings. The molecule has 34 heavy (non-hydrogen) atoms. The van der Waals surface area contributed by atoms with E-state index in [-0.39, 0.29) is 17.5 Å². The number of aliphatic hydroxyl groups excluding tert-OH is 1. The fourth-order valence-corrected chi connectivity index (χ4v) is 4.45. The van der Waals surface area contributed by atoms with Gasteiger partial charge in [-0.05, 0) is 64.5 Å². The molecule has 10 heteroatoms. The second-order valence-electron chi connectivity index (χ2n) is 8.50. The maximum Gasteiger partial charge on any atom is 0.253 e. The summed E-state index contributed by atoms with van der Waals surface area (Å²) in [5.74, 6) is 0.851. The van der Waals surface area contributed by atoms with Gasteiger partial charge in [-0.3, -0.25) is 9.69 Å². The van der Waals surface area contributed by atoms with Crippen LogP contribution in [-0.2, 0) is 6.54 Å². The van der Waals surface area contributed by atoms with Gasteiger partial charge in [0.25, 0.3) is 5.56 Å². The van der Waals surface area contributed by atoms with Crippen molar-refractivity contribution in [3.05, 3.63) is 81.7 Å².